The van der Waals surface area contributed by atoms with Crippen molar-refractivity contribution in [3.05, 3.63) is 24.3 Å². The number of thioether (sulfide) groups is 1. The van der Waals surface area contributed by atoms with Crippen LogP contribution in [0.2, 0.25) is 0 Å². The summed E-state index contributed by atoms with van der Waals surface area (Å²) < 4.78 is 0. The lowest BCUT2D eigenvalue weighted by Gasteiger charge is -2.05. The van der Waals surface area contributed by atoms with Crippen LogP contribution in [0.1, 0.15) is 12.8 Å². The zero-order valence-electron chi connectivity index (χ0n) is 9.68. The fourth-order valence-corrected chi connectivity index (χ4v) is 2.08. The van der Waals surface area contributed by atoms with Gasteiger partial charge in [0.2, 0.25) is 5.91 Å². The number of benzene rings is 1. The maximum atomic E-state index is 11.5. The van der Waals surface area contributed by atoms with Gasteiger partial charge in [-0.25, -0.2) is 4.79 Å². The maximum absolute atomic E-state index is 11.5. The minimum absolute atomic E-state index is 0.140. The lowest BCUT2D eigenvalue weighted by atomic mass is 10.3. The summed E-state index contributed by atoms with van der Waals surface area (Å²) in [6.45, 7) is 0. The van der Waals surface area contributed by atoms with E-state index in [9.17, 15) is 14.7 Å². The molecule has 1 aliphatic carbocycles. The van der Waals surface area contributed by atoms with Crippen LogP contribution < -0.4 is 10.6 Å². The molecule has 0 unspecified atom stereocenters. The SMILES string of the molecule is O=C(CSc1cccc(O)c1)NC(=O)NC1CC1. The molecule has 1 aromatic rings. The fraction of sp³-hybridized carbons (Fsp3) is 0.333. The van der Waals surface area contributed by atoms with Gasteiger partial charge in [-0.05, 0) is 31.0 Å². The van der Waals surface area contributed by atoms with E-state index in [0.29, 0.717) is 0 Å². The van der Waals surface area contributed by atoms with Crippen molar-refractivity contribution in [2.75, 3.05) is 5.75 Å². The van der Waals surface area contributed by atoms with E-state index in [0.717, 1.165) is 17.7 Å². The number of carbonyl (C=O) groups excluding carboxylic acids is 2. The number of hydrogen-bond acceptors (Lipinski definition) is 4. The Balaban J connectivity index is 1.72. The van der Waals surface area contributed by atoms with E-state index in [1.807, 2.05) is 0 Å². The quantitative estimate of drug-likeness (QED) is 0.721. The Morgan fingerprint density at radius 1 is 1.39 bits per heavy atom. The summed E-state index contributed by atoms with van der Waals surface area (Å²) >= 11 is 1.27. The molecule has 1 saturated carbocycles. The van der Waals surface area contributed by atoms with Crippen molar-refractivity contribution < 1.29 is 14.7 Å². The first kappa shape index (κ1) is 12.8. The maximum Gasteiger partial charge on any atom is 0.321 e. The number of rotatable bonds is 4. The minimum atomic E-state index is -0.431. The Hall–Kier alpha value is -1.69. The van der Waals surface area contributed by atoms with Crippen molar-refractivity contribution >= 4 is 23.7 Å². The molecule has 0 bridgehead atoms. The second-order valence-corrected chi connectivity index (χ2v) is 5.13. The van der Waals surface area contributed by atoms with Crippen LogP contribution in [0.5, 0.6) is 5.75 Å². The van der Waals surface area contributed by atoms with Crippen LogP contribution in [0, 0.1) is 0 Å². The molecular weight excluding hydrogens is 252 g/mol. The first-order valence-electron chi connectivity index (χ1n) is 5.65. The molecule has 0 spiro atoms. The Kier molecular flexibility index (Phi) is 4.09. The number of phenolic OH excluding ortho intramolecular Hbond substituents is 1. The minimum Gasteiger partial charge on any atom is -0.508 e. The summed E-state index contributed by atoms with van der Waals surface area (Å²) in [5, 5.41) is 14.2. The summed E-state index contributed by atoms with van der Waals surface area (Å²) in [6.07, 6.45) is 1.97. The van der Waals surface area contributed by atoms with Crippen LogP contribution in [0.3, 0.4) is 0 Å². The van der Waals surface area contributed by atoms with E-state index in [4.69, 9.17) is 0 Å². The van der Waals surface area contributed by atoms with Gasteiger partial charge in [-0.15, -0.1) is 11.8 Å². The van der Waals surface area contributed by atoms with Crippen molar-refractivity contribution in [2.45, 2.75) is 23.8 Å². The first-order chi connectivity index (χ1) is 8.63. The molecule has 0 aliphatic heterocycles. The molecule has 0 heterocycles. The van der Waals surface area contributed by atoms with Crippen molar-refractivity contribution in [3.63, 3.8) is 0 Å². The summed E-state index contributed by atoms with van der Waals surface area (Å²) in [7, 11) is 0. The van der Waals surface area contributed by atoms with Crippen LogP contribution in [0.25, 0.3) is 0 Å². The van der Waals surface area contributed by atoms with Crippen LogP contribution in [-0.4, -0.2) is 28.8 Å². The Bertz CT molecular complexity index is 460. The number of urea groups is 1. The molecule has 1 aliphatic rings. The Morgan fingerprint density at radius 2 is 2.17 bits per heavy atom. The van der Waals surface area contributed by atoms with Crippen LogP contribution in [-0.2, 0) is 4.79 Å². The molecule has 0 atom stereocenters. The molecule has 1 fully saturated rings. The third-order valence-electron chi connectivity index (χ3n) is 2.35. The van der Waals surface area contributed by atoms with E-state index >= 15 is 0 Å². The number of amides is 3. The molecule has 0 aromatic heterocycles. The molecular formula is C12H14N2O3S. The molecule has 3 amide bonds. The predicted molar refractivity (Wildman–Crippen MR) is 68.5 cm³/mol. The second kappa shape index (κ2) is 5.77. The number of hydrogen-bond donors (Lipinski definition) is 3. The highest BCUT2D eigenvalue weighted by atomic mass is 32.2. The van der Waals surface area contributed by atoms with Crippen molar-refractivity contribution in [3.8, 4) is 5.75 Å². The standard InChI is InChI=1S/C12H14N2O3S/c15-9-2-1-3-10(6-9)18-7-11(16)14-12(17)13-8-4-5-8/h1-3,6,8,15H,4-5,7H2,(H2,13,14,16,17). The van der Waals surface area contributed by atoms with E-state index < -0.39 is 6.03 Å². The molecule has 96 valence electrons. The monoisotopic (exact) mass is 266 g/mol. The lowest BCUT2D eigenvalue weighted by Crippen LogP contribution is -2.41. The molecule has 1 aromatic carbocycles. The molecule has 5 nitrogen and oxygen atoms in total. The average Bonchev–Trinajstić information content (AvgIpc) is 3.10. The topological polar surface area (TPSA) is 78.4 Å². The normalized spacial score (nSPS) is 14.0. The summed E-state index contributed by atoms with van der Waals surface area (Å²) in [5.74, 6) is -0.0463. The van der Waals surface area contributed by atoms with Gasteiger partial charge < -0.3 is 10.4 Å². The van der Waals surface area contributed by atoms with Gasteiger partial charge in [-0.1, -0.05) is 6.07 Å². The highest BCUT2D eigenvalue weighted by molar-refractivity contribution is 8.00. The van der Waals surface area contributed by atoms with E-state index in [1.54, 1.807) is 24.3 Å². The van der Waals surface area contributed by atoms with E-state index in [-0.39, 0.29) is 23.5 Å². The van der Waals surface area contributed by atoms with Gasteiger partial charge in [0, 0.05) is 10.9 Å². The van der Waals surface area contributed by atoms with Crippen molar-refractivity contribution in [1.29, 1.82) is 0 Å². The first-order valence-corrected chi connectivity index (χ1v) is 6.64. The zero-order chi connectivity index (χ0) is 13.0. The van der Waals surface area contributed by atoms with Crippen molar-refractivity contribution in [1.82, 2.24) is 10.6 Å². The molecule has 2 rings (SSSR count). The van der Waals surface area contributed by atoms with Gasteiger partial charge in [0.25, 0.3) is 0 Å². The van der Waals surface area contributed by atoms with Crippen LogP contribution in [0.4, 0.5) is 4.79 Å². The Morgan fingerprint density at radius 3 is 2.83 bits per heavy atom. The summed E-state index contributed by atoms with van der Waals surface area (Å²) in [5.41, 5.74) is 0. The predicted octanol–water partition coefficient (Wildman–Crippen LogP) is 1.47. The third-order valence-corrected chi connectivity index (χ3v) is 3.35. The van der Waals surface area contributed by atoms with Gasteiger partial charge in [-0.3, -0.25) is 10.1 Å². The lowest BCUT2D eigenvalue weighted by molar-refractivity contribution is -0.117. The third kappa shape index (κ3) is 4.29. The van der Waals surface area contributed by atoms with Gasteiger partial charge in [0.05, 0.1) is 5.75 Å². The van der Waals surface area contributed by atoms with Gasteiger partial charge in [0.15, 0.2) is 0 Å². The van der Waals surface area contributed by atoms with Gasteiger partial charge in [-0.2, -0.15) is 0 Å². The van der Waals surface area contributed by atoms with Crippen molar-refractivity contribution in [2.24, 2.45) is 0 Å². The van der Waals surface area contributed by atoms with Crippen LogP contribution in [0.15, 0.2) is 29.2 Å². The molecule has 0 radical (unpaired) electrons. The number of nitrogens with one attached hydrogen (secondary N) is 2. The van der Waals surface area contributed by atoms with E-state index in [1.165, 1.54) is 11.8 Å². The van der Waals surface area contributed by atoms with Crippen LogP contribution >= 0.6 is 11.8 Å². The average molecular weight is 266 g/mol. The smallest absolute Gasteiger partial charge is 0.321 e. The second-order valence-electron chi connectivity index (χ2n) is 4.08. The fourth-order valence-electron chi connectivity index (χ4n) is 1.33. The van der Waals surface area contributed by atoms with E-state index in [2.05, 4.69) is 10.6 Å². The number of imide groups is 1. The van der Waals surface area contributed by atoms with Gasteiger partial charge in [0.1, 0.15) is 5.75 Å². The molecule has 3 N–H and O–H groups in total. The highest BCUT2D eigenvalue weighted by Gasteiger charge is 2.23. The number of phenols is 1. The summed E-state index contributed by atoms with van der Waals surface area (Å²) in [6, 6.07) is 6.43. The molecule has 6 heteroatoms. The largest absolute Gasteiger partial charge is 0.508 e. The highest BCUT2D eigenvalue weighted by Crippen LogP contribution is 2.21. The zero-order valence-corrected chi connectivity index (χ0v) is 10.5. The molecule has 0 saturated heterocycles. The Labute approximate surface area is 109 Å². The molecule has 18 heavy (non-hydrogen) atoms. The number of aromatic hydroxyl groups is 1. The summed E-state index contributed by atoms with van der Waals surface area (Å²) in [4.78, 5) is 23.5. The van der Waals surface area contributed by atoms with Gasteiger partial charge >= 0.3 is 6.03 Å². The number of carbonyl (C=O) groups is 2.